The first kappa shape index (κ1) is 12.9. The quantitative estimate of drug-likeness (QED) is 0.859. The van der Waals surface area contributed by atoms with Gasteiger partial charge in [0.1, 0.15) is 5.75 Å². The SMILES string of the molecule is CCN(C(=O)[C@@H]1CCCCN1)c1cccc(O)c1. The average molecular weight is 248 g/mol. The Kier molecular flexibility index (Phi) is 4.20. The van der Waals surface area contributed by atoms with Crippen LogP contribution in [0.5, 0.6) is 5.75 Å². The number of hydrogen-bond donors (Lipinski definition) is 2. The van der Waals surface area contributed by atoms with E-state index in [1.807, 2.05) is 13.0 Å². The Morgan fingerprint density at radius 1 is 1.50 bits per heavy atom. The van der Waals surface area contributed by atoms with Gasteiger partial charge < -0.3 is 15.3 Å². The summed E-state index contributed by atoms with van der Waals surface area (Å²) in [6.07, 6.45) is 3.14. The summed E-state index contributed by atoms with van der Waals surface area (Å²) >= 11 is 0. The number of aromatic hydroxyl groups is 1. The minimum Gasteiger partial charge on any atom is -0.508 e. The van der Waals surface area contributed by atoms with Crippen LogP contribution in [-0.2, 0) is 4.79 Å². The molecule has 1 atom stereocenters. The average Bonchev–Trinajstić information content (AvgIpc) is 2.40. The zero-order chi connectivity index (χ0) is 13.0. The Labute approximate surface area is 108 Å². The summed E-state index contributed by atoms with van der Waals surface area (Å²) in [5.74, 6) is 0.290. The third-order valence-electron chi connectivity index (χ3n) is 3.33. The van der Waals surface area contributed by atoms with E-state index in [-0.39, 0.29) is 17.7 Å². The number of phenols is 1. The van der Waals surface area contributed by atoms with Crippen LogP contribution in [0.25, 0.3) is 0 Å². The number of benzene rings is 1. The Morgan fingerprint density at radius 2 is 2.33 bits per heavy atom. The molecule has 1 fully saturated rings. The minimum absolute atomic E-state index is 0.0824. The summed E-state index contributed by atoms with van der Waals surface area (Å²) < 4.78 is 0. The van der Waals surface area contributed by atoms with Gasteiger partial charge in [-0.15, -0.1) is 0 Å². The molecule has 1 saturated heterocycles. The zero-order valence-corrected chi connectivity index (χ0v) is 10.7. The van der Waals surface area contributed by atoms with E-state index >= 15 is 0 Å². The highest BCUT2D eigenvalue weighted by Crippen LogP contribution is 2.21. The third-order valence-corrected chi connectivity index (χ3v) is 3.33. The molecule has 0 aliphatic carbocycles. The molecule has 1 amide bonds. The van der Waals surface area contributed by atoms with E-state index in [4.69, 9.17) is 0 Å². The molecule has 0 spiro atoms. The van der Waals surface area contributed by atoms with Crippen molar-refractivity contribution in [2.45, 2.75) is 32.2 Å². The van der Waals surface area contributed by atoms with Gasteiger partial charge >= 0.3 is 0 Å². The van der Waals surface area contributed by atoms with Crippen molar-refractivity contribution in [2.24, 2.45) is 0 Å². The van der Waals surface area contributed by atoms with Crippen LogP contribution in [0, 0.1) is 0 Å². The number of anilines is 1. The number of carbonyl (C=O) groups is 1. The molecule has 18 heavy (non-hydrogen) atoms. The second-order valence-electron chi connectivity index (χ2n) is 4.60. The molecule has 1 aliphatic heterocycles. The van der Waals surface area contributed by atoms with Gasteiger partial charge in [0.25, 0.3) is 0 Å². The Bertz CT molecular complexity index is 414. The van der Waals surface area contributed by atoms with Crippen LogP contribution in [0.4, 0.5) is 5.69 Å². The van der Waals surface area contributed by atoms with Crippen molar-refractivity contribution in [3.8, 4) is 5.75 Å². The number of nitrogens with zero attached hydrogens (tertiary/aromatic N) is 1. The predicted molar refractivity (Wildman–Crippen MR) is 71.8 cm³/mol. The van der Waals surface area contributed by atoms with Crippen LogP contribution >= 0.6 is 0 Å². The first-order valence-electron chi connectivity index (χ1n) is 6.56. The van der Waals surface area contributed by atoms with E-state index < -0.39 is 0 Å². The van der Waals surface area contributed by atoms with Gasteiger partial charge in [-0.25, -0.2) is 0 Å². The highest BCUT2D eigenvalue weighted by Gasteiger charge is 2.25. The fraction of sp³-hybridized carbons (Fsp3) is 0.500. The molecule has 4 nitrogen and oxygen atoms in total. The minimum atomic E-state index is -0.0824. The molecule has 1 heterocycles. The number of piperidine rings is 1. The van der Waals surface area contributed by atoms with Gasteiger partial charge in [0.05, 0.1) is 6.04 Å². The van der Waals surface area contributed by atoms with E-state index in [9.17, 15) is 9.90 Å². The second kappa shape index (κ2) is 5.87. The van der Waals surface area contributed by atoms with Gasteiger partial charge in [0.2, 0.25) is 5.91 Å². The highest BCUT2D eigenvalue weighted by molar-refractivity contribution is 5.97. The van der Waals surface area contributed by atoms with Crippen LogP contribution in [0.1, 0.15) is 26.2 Å². The summed E-state index contributed by atoms with van der Waals surface area (Å²) in [5, 5.41) is 12.8. The smallest absolute Gasteiger partial charge is 0.244 e. The number of likely N-dealkylation sites (N-methyl/N-ethyl adjacent to an activating group) is 1. The molecule has 0 bridgehead atoms. The number of carbonyl (C=O) groups excluding carboxylic acids is 1. The molecular weight excluding hydrogens is 228 g/mol. The maximum atomic E-state index is 12.4. The fourth-order valence-electron chi connectivity index (χ4n) is 2.38. The van der Waals surface area contributed by atoms with Crippen molar-refractivity contribution in [3.63, 3.8) is 0 Å². The Hall–Kier alpha value is -1.55. The van der Waals surface area contributed by atoms with E-state index in [0.717, 1.165) is 31.5 Å². The van der Waals surface area contributed by atoms with E-state index in [0.29, 0.717) is 6.54 Å². The summed E-state index contributed by atoms with van der Waals surface area (Å²) in [7, 11) is 0. The molecule has 0 unspecified atom stereocenters. The topological polar surface area (TPSA) is 52.6 Å². The van der Waals surface area contributed by atoms with Crippen molar-refractivity contribution < 1.29 is 9.90 Å². The number of rotatable bonds is 3. The molecule has 1 aromatic carbocycles. The van der Waals surface area contributed by atoms with E-state index in [1.54, 1.807) is 23.1 Å². The maximum Gasteiger partial charge on any atom is 0.244 e. The lowest BCUT2D eigenvalue weighted by Crippen LogP contribution is -2.48. The standard InChI is InChI=1S/C14H20N2O2/c1-2-16(11-6-5-7-12(17)10-11)14(18)13-8-3-4-9-15-13/h5-7,10,13,15,17H,2-4,8-9H2,1H3/t13-/m0/s1. The normalized spacial score (nSPS) is 19.5. The molecule has 1 aromatic rings. The van der Waals surface area contributed by atoms with Gasteiger partial charge in [-0.3, -0.25) is 4.79 Å². The summed E-state index contributed by atoms with van der Waals surface area (Å²) in [5.41, 5.74) is 0.759. The van der Waals surface area contributed by atoms with E-state index in [1.165, 1.54) is 0 Å². The fourth-order valence-corrected chi connectivity index (χ4v) is 2.38. The number of phenolic OH excluding ortho intramolecular Hbond substituents is 1. The van der Waals surface area contributed by atoms with Crippen molar-refractivity contribution >= 4 is 11.6 Å². The van der Waals surface area contributed by atoms with Crippen LogP contribution in [0.15, 0.2) is 24.3 Å². The highest BCUT2D eigenvalue weighted by atomic mass is 16.3. The number of hydrogen-bond acceptors (Lipinski definition) is 3. The second-order valence-corrected chi connectivity index (χ2v) is 4.60. The van der Waals surface area contributed by atoms with Crippen molar-refractivity contribution in [2.75, 3.05) is 18.0 Å². The lowest BCUT2D eigenvalue weighted by atomic mass is 10.0. The molecule has 0 saturated carbocycles. The van der Waals surface area contributed by atoms with Gasteiger partial charge in [-0.05, 0) is 38.4 Å². The van der Waals surface area contributed by atoms with Gasteiger partial charge in [0, 0.05) is 18.3 Å². The van der Waals surface area contributed by atoms with Crippen LogP contribution in [0.3, 0.4) is 0 Å². The lowest BCUT2D eigenvalue weighted by Gasteiger charge is -2.29. The molecule has 2 N–H and O–H groups in total. The molecule has 0 radical (unpaired) electrons. The molecule has 4 heteroatoms. The maximum absolute atomic E-state index is 12.4. The lowest BCUT2D eigenvalue weighted by molar-refractivity contribution is -0.121. The van der Waals surface area contributed by atoms with Crippen LogP contribution < -0.4 is 10.2 Å². The number of amides is 1. The molecule has 1 aliphatic rings. The van der Waals surface area contributed by atoms with Crippen molar-refractivity contribution in [3.05, 3.63) is 24.3 Å². The predicted octanol–water partition coefficient (Wildman–Crippen LogP) is 1.89. The van der Waals surface area contributed by atoms with Gasteiger partial charge in [0.15, 0.2) is 0 Å². The van der Waals surface area contributed by atoms with Gasteiger partial charge in [-0.1, -0.05) is 12.5 Å². The Morgan fingerprint density at radius 3 is 2.94 bits per heavy atom. The van der Waals surface area contributed by atoms with Crippen LogP contribution in [-0.4, -0.2) is 30.1 Å². The van der Waals surface area contributed by atoms with E-state index in [2.05, 4.69) is 5.32 Å². The monoisotopic (exact) mass is 248 g/mol. The van der Waals surface area contributed by atoms with Gasteiger partial charge in [-0.2, -0.15) is 0 Å². The summed E-state index contributed by atoms with van der Waals surface area (Å²) in [4.78, 5) is 14.1. The number of nitrogens with one attached hydrogen (secondary N) is 1. The van der Waals surface area contributed by atoms with Crippen molar-refractivity contribution in [1.82, 2.24) is 5.32 Å². The molecule has 98 valence electrons. The molecule has 0 aromatic heterocycles. The largest absolute Gasteiger partial charge is 0.508 e. The first-order chi connectivity index (χ1) is 8.72. The molecular formula is C14H20N2O2. The third kappa shape index (κ3) is 2.82. The van der Waals surface area contributed by atoms with Crippen molar-refractivity contribution in [1.29, 1.82) is 0 Å². The molecule has 2 rings (SSSR count). The summed E-state index contributed by atoms with van der Waals surface area (Å²) in [6, 6.07) is 6.77. The zero-order valence-electron chi connectivity index (χ0n) is 10.7. The first-order valence-corrected chi connectivity index (χ1v) is 6.56. The Balaban J connectivity index is 2.14. The summed E-state index contributed by atoms with van der Waals surface area (Å²) in [6.45, 7) is 3.47. The van der Waals surface area contributed by atoms with Crippen LogP contribution in [0.2, 0.25) is 0 Å².